The van der Waals surface area contributed by atoms with Gasteiger partial charge in [0.1, 0.15) is 12.4 Å². The van der Waals surface area contributed by atoms with E-state index in [9.17, 15) is 19.5 Å². The highest BCUT2D eigenvalue weighted by Gasteiger charge is 2.33. The van der Waals surface area contributed by atoms with Crippen LogP contribution in [0.15, 0.2) is 66.7 Å². The van der Waals surface area contributed by atoms with Crippen LogP contribution >= 0.6 is 11.6 Å². The summed E-state index contributed by atoms with van der Waals surface area (Å²) in [7, 11) is 0. The lowest BCUT2D eigenvalue weighted by Crippen LogP contribution is -2.50. The van der Waals surface area contributed by atoms with Crippen LogP contribution in [0.2, 0.25) is 5.02 Å². The lowest BCUT2D eigenvalue weighted by molar-refractivity contribution is -0.147. The molecule has 220 valence electrons. The summed E-state index contributed by atoms with van der Waals surface area (Å²) >= 11 is 6.50. The van der Waals surface area contributed by atoms with Gasteiger partial charge in [0.05, 0.1) is 5.02 Å². The molecule has 10 heteroatoms. The zero-order valence-corrected chi connectivity index (χ0v) is 24.2. The zero-order chi connectivity index (χ0) is 29.6. The van der Waals surface area contributed by atoms with Crippen LogP contribution in [0.4, 0.5) is 15.3 Å². The van der Waals surface area contributed by atoms with Crippen LogP contribution in [0.5, 0.6) is 5.75 Å². The lowest BCUT2D eigenvalue weighted by atomic mass is 10.0. The molecule has 0 bridgehead atoms. The molecule has 3 aromatic carbocycles. The Bertz CT molecular complexity index is 1420. The van der Waals surface area contributed by atoms with Gasteiger partial charge in [-0.1, -0.05) is 66.2 Å². The number of fused-ring (bicyclic) bond motifs is 1. The fraction of sp³-hybridized carbons (Fsp3) is 0.344. The van der Waals surface area contributed by atoms with Gasteiger partial charge in [-0.15, -0.1) is 0 Å². The highest BCUT2D eigenvalue weighted by molar-refractivity contribution is 6.32. The molecule has 42 heavy (non-hydrogen) atoms. The lowest BCUT2D eigenvalue weighted by Gasteiger charge is -2.37. The minimum Gasteiger partial charge on any atom is -0.487 e. The number of carboxylic acid groups (broad SMARTS) is 1. The Morgan fingerprint density at radius 2 is 1.74 bits per heavy atom. The van der Waals surface area contributed by atoms with Gasteiger partial charge >= 0.3 is 18.1 Å². The van der Waals surface area contributed by atoms with Crippen molar-refractivity contribution < 1.29 is 29.0 Å². The summed E-state index contributed by atoms with van der Waals surface area (Å²) in [6, 6.07) is 20.8. The van der Waals surface area contributed by atoms with Gasteiger partial charge in [0, 0.05) is 37.8 Å². The van der Waals surface area contributed by atoms with E-state index in [1.807, 2.05) is 66.4 Å². The number of halogens is 1. The predicted octanol–water partition coefficient (Wildman–Crippen LogP) is 5.91. The van der Waals surface area contributed by atoms with Gasteiger partial charge in [-0.25, -0.2) is 14.4 Å². The summed E-state index contributed by atoms with van der Waals surface area (Å²) < 4.78 is 11.4. The molecule has 9 nitrogen and oxygen atoms in total. The minimum atomic E-state index is -1.38. The van der Waals surface area contributed by atoms with Crippen molar-refractivity contribution in [2.24, 2.45) is 0 Å². The van der Waals surface area contributed by atoms with E-state index < -0.39 is 18.2 Å². The Morgan fingerprint density at radius 1 is 1.02 bits per heavy atom. The summed E-state index contributed by atoms with van der Waals surface area (Å²) in [6.07, 6.45) is -0.186. The van der Waals surface area contributed by atoms with Crippen molar-refractivity contribution in [2.45, 2.75) is 51.4 Å². The quantitative estimate of drug-likeness (QED) is 0.337. The van der Waals surface area contributed by atoms with Crippen LogP contribution in [0.1, 0.15) is 35.1 Å². The van der Waals surface area contributed by atoms with Crippen molar-refractivity contribution >= 4 is 35.4 Å². The highest BCUT2D eigenvalue weighted by atomic mass is 35.5. The molecule has 5 rings (SSSR count). The largest absolute Gasteiger partial charge is 0.487 e. The number of likely N-dealkylation sites (tertiary alicyclic amines) is 1. The van der Waals surface area contributed by atoms with E-state index in [2.05, 4.69) is 5.32 Å². The number of carboxylic acids is 1. The molecule has 2 N–H and O–H groups in total. The molecular weight excluding hydrogens is 558 g/mol. The van der Waals surface area contributed by atoms with Gasteiger partial charge in [0.15, 0.2) is 0 Å². The predicted molar refractivity (Wildman–Crippen MR) is 159 cm³/mol. The van der Waals surface area contributed by atoms with E-state index in [-0.39, 0.29) is 18.5 Å². The highest BCUT2D eigenvalue weighted by Crippen LogP contribution is 2.32. The number of nitrogens with zero attached hydrogens (tertiary/aromatic N) is 2. The molecule has 2 heterocycles. The van der Waals surface area contributed by atoms with Gasteiger partial charge in [-0.2, -0.15) is 0 Å². The number of anilines is 1. The number of urea groups is 1. The molecule has 0 spiro atoms. The van der Waals surface area contributed by atoms with Crippen molar-refractivity contribution in [1.29, 1.82) is 0 Å². The number of rotatable bonds is 8. The van der Waals surface area contributed by atoms with Gasteiger partial charge in [-0.3, -0.25) is 0 Å². The van der Waals surface area contributed by atoms with Gasteiger partial charge in [0.25, 0.3) is 0 Å². The number of nitrogens with one attached hydrogen (secondary N) is 1. The molecule has 1 atom stereocenters. The first kappa shape index (κ1) is 29.3. The molecule has 2 aliphatic rings. The summed E-state index contributed by atoms with van der Waals surface area (Å²) in [5.41, 5.74) is 4.30. The van der Waals surface area contributed by atoms with Crippen molar-refractivity contribution in [3.05, 3.63) is 94.0 Å². The van der Waals surface area contributed by atoms with E-state index in [1.54, 1.807) is 12.1 Å². The molecule has 0 aromatic heterocycles. The number of hydrogen-bond acceptors (Lipinski definition) is 5. The van der Waals surface area contributed by atoms with Crippen LogP contribution < -0.4 is 10.1 Å². The second kappa shape index (κ2) is 13.2. The number of ether oxygens (including phenoxy) is 2. The topological polar surface area (TPSA) is 108 Å². The number of aryl methyl sites for hydroxylation is 1. The van der Waals surface area contributed by atoms with Gasteiger partial charge in [-0.05, 0) is 60.6 Å². The Labute approximate surface area is 250 Å². The summed E-state index contributed by atoms with van der Waals surface area (Å²) in [4.78, 5) is 41.2. The number of carbonyl (C=O) groups is 3. The molecule has 3 aromatic rings. The fourth-order valence-electron chi connectivity index (χ4n) is 5.52. The Kier molecular flexibility index (Phi) is 9.17. The van der Waals surface area contributed by atoms with Crippen molar-refractivity contribution in [3.8, 4) is 5.75 Å². The number of para-hydroxylation sites is 1. The normalized spacial score (nSPS) is 16.2. The number of hydrogen-bond donors (Lipinski definition) is 2. The third-order valence-electron chi connectivity index (χ3n) is 7.76. The number of aliphatic carboxylic acids is 1. The van der Waals surface area contributed by atoms with Crippen molar-refractivity contribution in [3.63, 3.8) is 0 Å². The molecule has 1 unspecified atom stereocenters. The number of benzene rings is 3. The summed E-state index contributed by atoms with van der Waals surface area (Å²) in [5, 5.41) is 13.2. The first-order valence-corrected chi connectivity index (χ1v) is 14.5. The number of amides is 3. The van der Waals surface area contributed by atoms with E-state index in [0.29, 0.717) is 55.4 Å². The van der Waals surface area contributed by atoms with Gasteiger partial charge < -0.3 is 29.7 Å². The maximum Gasteiger partial charge on any atom is 0.410 e. The number of carbonyl (C=O) groups excluding carboxylic acids is 2. The van der Waals surface area contributed by atoms with Crippen molar-refractivity contribution in [2.75, 3.05) is 25.0 Å². The second-order valence-electron chi connectivity index (χ2n) is 10.7. The molecule has 0 aliphatic carbocycles. The fourth-order valence-corrected chi connectivity index (χ4v) is 5.86. The molecule has 2 aliphatic heterocycles. The third-order valence-corrected chi connectivity index (χ3v) is 8.04. The molecule has 0 saturated carbocycles. The van der Waals surface area contributed by atoms with Crippen LogP contribution in [0, 0.1) is 6.92 Å². The third kappa shape index (κ3) is 6.97. The van der Waals surface area contributed by atoms with E-state index >= 15 is 0 Å². The molecule has 0 radical (unpaired) electrons. The first-order valence-electron chi connectivity index (χ1n) is 14.1. The van der Waals surface area contributed by atoms with E-state index in [4.69, 9.17) is 21.1 Å². The zero-order valence-electron chi connectivity index (χ0n) is 23.4. The van der Waals surface area contributed by atoms with E-state index in [1.165, 1.54) is 4.90 Å². The average Bonchev–Trinajstić information content (AvgIpc) is 3.15. The first-order chi connectivity index (χ1) is 20.3. The summed E-state index contributed by atoms with van der Waals surface area (Å²) in [6.45, 7) is 3.51. The van der Waals surface area contributed by atoms with Crippen LogP contribution in [0.25, 0.3) is 0 Å². The smallest absolute Gasteiger partial charge is 0.410 e. The molecular formula is C32H34ClN3O6. The Hall–Kier alpha value is -4.24. The monoisotopic (exact) mass is 591 g/mol. The van der Waals surface area contributed by atoms with Crippen LogP contribution in [-0.2, 0) is 29.0 Å². The maximum absolute atomic E-state index is 13.0. The Balaban J connectivity index is 1.15. The molecule has 3 amide bonds. The SMILES string of the molecule is Cc1cc(CC(OC(=O)N2CCC(N3CCc4ccccc4NC3=O)CC2)C(=O)O)cc(Cl)c1OCc1ccccc1. The van der Waals surface area contributed by atoms with Gasteiger partial charge in [0.2, 0.25) is 6.10 Å². The molecule has 1 saturated heterocycles. The standard InChI is InChI=1S/C32H34ClN3O6/c1-21-17-23(18-26(33)29(21)41-20-22-7-3-2-4-8-22)19-28(30(37)38)42-32(40)35-14-12-25(13-15-35)36-16-11-24-9-5-6-10-27(24)34-31(36)39/h2-10,17-18,25,28H,11-16,19-20H2,1H3,(H,34,39)(H,37,38). The van der Waals surface area contributed by atoms with E-state index in [0.717, 1.165) is 28.8 Å². The second-order valence-corrected chi connectivity index (χ2v) is 11.1. The maximum atomic E-state index is 13.0. The minimum absolute atomic E-state index is 0.0219. The number of piperidine rings is 1. The van der Waals surface area contributed by atoms with Crippen LogP contribution in [-0.4, -0.2) is 64.8 Å². The average molecular weight is 592 g/mol. The van der Waals surface area contributed by atoms with Crippen LogP contribution in [0.3, 0.4) is 0 Å². The Morgan fingerprint density at radius 3 is 2.45 bits per heavy atom. The molecule has 1 fully saturated rings. The summed E-state index contributed by atoms with van der Waals surface area (Å²) in [5.74, 6) is -0.713. The van der Waals surface area contributed by atoms with Crippen molar-refractivity contribution in [1.82, 2.24) is 9.80 Å².